The fraction of sp³-hybridized carbons (Fsp3) is 0.222. The predicted octanol–water partition coefficient (Wildman–Crippen LogP) is 2.27. The Kier molecular flexibility index (Phi) is 6.93. The van der Waals surface area contributed by atoms with E-state index in [0.29, 0.717) is 0 Å². The summed E-state index contributed by atoms with van der Waals surface area (Å²) in [4.78, 5) is 0. The van der Waals surface area contributed by atoms with Crippen LogP contribution in [0.2, 0.25) is 0 Å². The second-order valence-corrected chi connectivity index (χ2v) is 4.22. The lowest BCUT2D eigenvalue weighted by Crippen LogP contribution is -1.81. The molecule has 0 spiro atoms. The molecule has 20 heavy (non-hydrogen) atoms. The lowest BCUT2D eigenvalue weighted by molar-refractivity contribution is 0.342. The van der Waals surface area contributed by atoms with Gasteiger partial charge < -0.3 is 10.2 Å². The molecular formula is C18H18O2. The Labute approximate surface area is 120 Å². The van der Waals surface area contributed by atoms with Crippen molar-refractivity contribution >= 4 is 0 Å². The molecule has 0 aromatic heterocycles. The SMILES string of the molecule is C/C(C#Cc1cccc(C#C/C(C)=C/CO)c1)=C\CO. The van der Waals surface area contributed by atoms with E-state index in [1.54, 1.807) is 12.2 Å². The van der Waals surface area contributed by atoms with Crippen LogP contribution in [0.4, 0.5) is 0 Å². The second-order valence-electron chi connectivity index (χ2n) is 4.22. The summed E-state index contributed by atoms with van der Waals surface area (Å²) < 4.78 is 0. The summed E-state index contributed by atoms with van der Waals surface area (Å²) in [5.41, 5.74) is 3.44. The van der Waals surface area contributed by atoms with E-state index in [1.807, 2.05) is 38.1 Å². The van der Waals surface area contributed by atoms with Crippen molar-refractivity contribution in [3.63, 3.8) is 0 Å². The van der Waals surface area contributed by atoms with Gasteiger partial charge in [-0.15, -0.1) is 0 Å². The molecule has 0 aliphatic heterocycles. The molecule has 0 radical (unpaired) electrons. The minimum absolute atomic E-state index is 0.00248. The summed E-state index contributed by atoms with van der Waals surface area (Å²) >= 11 is 0. The molecule has 2 N–H and O–H groups in total. The number of aliphatic hydroxyl groups is 2. The molecule has 0 bridgehead atoms. The van der Waals surface area contributed by atoms with E-state index in [0.717, 1.165) is 22.3 Å². The van der Waals surface area contributed by atoms with E-state index < -0.39 is 0 Å². The van der Waals surface area contributed by atoms with Gasteiger partial charge >= 0.3 is 0 Å². The molecule has 0 saturated carbocycles. The fourth-order valence-electron chi connectivity index (χ4n) is 1.39. The average Bonchev–Trinajstić information content (AvgIpc) is 2.44. The van der Waals surface area contributed by atoms with E-state index in [-0.39, 0.29) is 13.2 Å². The quantitative estimate of drug-likeness (QED) is 0.806. The fourth-order valence-corrected chi connectivity index (χ4v) is 1.39. The highest BCUT2D eigenvalue weighted by Crippen LogP contribution is 2.03. The highest BCUT2D eigenvalue weighted by Gasteiger charge is 1.90. The van der Waals surface area contributed by atoms with Crippen LogP contribution >= 0.6 is 0 Å². The molecule has 0 atom stereocenters. The van der Waals surface area contributed by atoms with Crippen molar-refractivity contribution in [2.45, 2.75) is 13.8 Å². The van der Waals surface area contributed by atoms with Gasteiger partial charge in [0.1, 0.15) is 0 Å². The van der Waals surface area contributed by atoms with Crippen LogP contribution in [0.15, 0.2) is 47.6 Å². The van der Waals surface area contributed by atoms with Crippen molar-refractivity contribution < 1.29 is 10.2 Å². The Hall–Kier alpha value is -2.26. The van der Waals surface area contributed by atoms with Gasteiger partial charge in [0, 0.05) is 11.1 Å². The first-order valence-electron chi connectivity index (χ1n) is 6.35. The Balaban J connectivity index is 2.92. The van der Waals surface area contributed by atoms with Gasteiger partial charge in [-0.25, -0.2) is 0 Å². The van der Waals surface area contributed by atoms with Crippen molar-refractivity contribution in [2.75, 3.05) is 13.2 Å². The van der Waals surface area contributed by atoms with Crippen molar-refractivity contribution in [1.29, 1.82) is 0 Å². The molecule has 1 aromatic rings. The van der Waals surface area contributed by atoms with Gasteiger partial charge in [0.15, 0.2) is 0 Å². The standard InChI is InChI=1S/C18H18O2/c1-15(10-12-19)6-8-17-4-3-5-18(14-17)9-7-16(2)11-13-20/h3-5,10-11,14,19-20H,12-13H2,1-2H3/b15-10+,16-11+. The van der Waals surface area contributed by atoms with Gasteiger partial charge in [-0.1, -0.05) is 29.7 Å². The van der Waals surface area contributed by atoms with Gasteiger partial charge in [0.2, 0.25) is 0 Å². The maximum Gasteiger partial charge on any atom is 0.0624 e. The number of rotatable bonds is 2. The van der Waals surface area contributed by atoms with Crippen molar-refractivity contribution in [3.05, 3.63) is 58.7 Å². The Morgan fingerprint density at radius 1 is 0.950 bits per heavy atom. The van der Waals surface area contributed by atoms with Crippen LogP contribution in [0.3, 0.4) is 0 Å². The maximum absolute atomic E-state index is 8.76. The summed E-state index contributed by atoms with van der Waals surface area (Å²) in [6.45, 7) is 3.72. The maximum atomic E-state index is 8.76. The van der Waals surface area contributed by atoms with E-state index in [2.05, 4.69) is 23.7 Å². The monoisotopic (exact) mass is 266 g/mol. The molecule has 0 aliphatic rings. The zero-order valence-corrected chi connectivity index (χ0v) is 11.8. The molecule has 2 nitrogen and oxygen atoms in total. The average molecular weight is 266 g/mol. The first-order chi connectivity index (χ1) is 9.65. The van der Waals surface area contributed by atoms with E-state index in [9.17, 15) is 0 Å². The van der Waals surface area contributed by atoms with Crippen LogP contribution in [0, 0.1) is 23.7 Å². The molecule has 1 rings (SSSR count). The van der Waals surface area contributed by atoms with Gasteiger partial charge in [0.05, 0.1) is 13.2 Å². The van der Waals surface area contributed by atoms with Crippen LogP contribution in [-0.2, 0) is 0 Å². The molecule has 0 heterocycles. The second kappa shape index (κ2) is 8.77. The van der Waals surface area contributed by atoms with Gasteiger partial charge in [-0.2, -0.15) is 0 Å². The summed E-state index contributed by atoms with van der Waals surface area (Å²) in [6, 6.07) is 7.66. The lowest BCUT2D eigenvalue weighted by atomic mass is 10.1. The van der Waals surface area contributed by atoms with Gasteiger partial charge in [-0.05, 0) is 55.3 Å². The molecule has 0 fully saturated rings. The topological polar surface area (TPSA) is 40.5 Å². The lowest BCUT2D eigenvalue weighted by Gasteiger charge is -1.93. The molecule has 0 unspecified atom stereocenters. The van der Waals surface area contributed by atoms with Crippen LogP contribution in [-0.4, -0.2) is 23.4 Å². The Morgan fingerprint density at radius 3 is 1.80 bits per heavy atom. The smallest absolute Gasteiger partial charge is 0.0624 e. The summed E-state index contributed by atoms with van der Waals surface area (Å²) in [5.74, 6) is 12.0. The molecule has 0 saturated heterocycles. The van der Waals surface area contributed by atoms with E-state index >= 15 is 0 Å². The van der Waals surface area contributed by atoms with E-state index in [4.69, 9.17) is 10.2 Å². The third kappa shape index (κ3) is 6.07. The number of hydrogen-bond acceptors (Lipinski definition) is 2. The highest BCUT2D eigenvalue weighted by molar-refractivity contribution is 5.47. The van der Waals surface area contributed by atoms with Crippen molar-refractivity contribution in [2.24, 2.45) is 0 Å². The summed E-state index contributed by atoms with van der Waals surface area (Å²) in [7, 11) is 0. The van der Waals surface area contributed by atoms with Gasteiger partial charge in [0.25, 0.3) is 0 Å². The number of allylic oxidation sites excluding steroid dienone is 2. The van der Waals surface area contributed by atoms with Crippen LogP contribution < -0.4 is 0 Å². The molecule has 0 amide bonds. The van der Waals surface area contributed by atoms with Crippen molar-refractivity contribution in [3.8, 4) is 23.7 Å². The zero-order chi connectivity index (χ0) is 14.8. The minimum Gasteiger partial charge on any atom is -0.392 e. The molecule has 2 heteroatoms. The normalized spacial score (nSPS) is 11.2. The van der Waals surface area contributed by atoms with Crippen LogP contribution in [0.1, 0.15) is 25.0 Å². The largest absolute Gasteiger partial charge is 0.392 e. The zero-order valence-electron chi connectivity index (χ0n) is 11.8. The molecule has 0 aliphatic carbocycles. The predicted molar refractivity (Wildman–Crippen MR) is 81.9 cm³/mol. The third-order valence-electron chi connectivity index (χ3n) is 2.47. The number of benzene rings is 1. The van der Waals surface area contributed by atoms with Crippen LogP contribution in [0.5, 0.6) is 0 Å². The highest BCUT2D eigenvalue weighted by atomic mass is 16.3. The first-order valence-corrected chi connectivity index (χ1v) is 6.35. The Bertz CT molecular complexity index is 575. The van der Waals surface area contributed by atoms with Crippen molar-refractivity contribution in [1.82, 2.24) is 0 Å². The molecular weight excluding hydrogens is 248 g/mol. The number of aliphatic hydroxyl groups excluding tert-OH is 2. The molecule has 1 aromatic carbocycles. The summed E-state index contributed by atoms with van der Waals surface area (Å²) in [5, 5.41) is 17.5. The van der Waals surface area contributed by atoms with E-state index in [1.165, 1.54) is 0 Å². The summed E-state index contributed by atoms with van der Waals surface area (Å²) in [6.07, 6.45) is 3.33. The first kappa shape index (κ1) is 15.8. The number of hydrogen-bond donors (Lipinski definition) is 2. The minimum atomic E-state index is 0.00248. The van der Waals surface area contributed by atoms with Gasteiger partial charge in [-0.3, -0.25) is 0 Å². The third-order valence-corrected chi connectivity index (χ3v) is 2.47. The Morgan fingerprint density at radius 2 is 1.40 bits per heavy atom. The molecule has 102 valence electrons. The van der Waals surface area contributed by atoms with Crippen LogP contribution in [0.25, 0.3) is 0 Å².